The van der Waals surface area contributed by atoms with Gasteiger partial charge in [-0.25, -0.2) is 4.79 Å². The molecule has 0 aliphatic carbocycles. The second-order valence-electron chi connectivity index (χ2n) is 4.91. The lowest BCUT2D eigenvalue weighted by molar-refractivity contribution is -0.142. The number of benzene rings is 1. The van der Waals surface area contributed by atoms with Crippen molar-refractivity contribution in [3.8, 4) is 0 Å². The molecule has 0 aliphatic rings. The standard InChI is InChI=1S/C15H18ClNO3/c1-9(2)14(15(19)20)17-13(18)7-6-11-5-4-10(3)12(16)8-11/h4-9,14H,1-3H3,(H,17,18)(H,19,20)/t14-/m1/s1. The molecule has 0 unspecified atom stereocenters. The third-order valence-electron chi connectivity index (χ3n) is 2.85. The van der Waals surface area contributed by atoms with Crippen molar-refractivity contribution in [2.75, 3.05) is 0 Å². The zero-order chi connectivity index (χ0) is 15.3. The maximum atomic E-state index is 11.7. The highest BCUT2D eigenvalue weighted by molar-refractivity contribution is 6.31. The smallest absolute Gasteiger partial charge is 0.326 e. The van der Waals surface area contributed by atoms with Gasteiger partial charge in [-0.1, -0.05) is 37.6 Å². The van der Waals surface area contributed by atoms with Crippen molar-refractivity contribution in [2.45, 2.75) is 26.8 Å². The van der Waals surface area contributed by atoms with Gasteiger partial charge in [-0.15, -0.1) is 0 Å². The first kappa shape index (κ1) is 16.2. The molecule has 1 amide bonds. The van der Waals surface area contributed by atoms with E-state index >= 15 is 0 Å². The fraction of sp³-hybridized carbons (Fsp3) is 0.333. The van der Waals surface area contributed by atoms with Crippen molar-refractivity contribution in [3.63, 3.8) is 0 Å². The number of rotatable bonds is 5. The van der Waals surface area contributed by atoms with E-state index < -0.39 is 17.9 Å². The number of carbonyl (C=O) groups is 2. The molecule has 1 aromatic rings. The quantitative estimate of drug-likeness (QED) is 0.821. The highest BCUT2D eigenvalue weighted by Crippen LogP contribution is 2.17. The average molecular weight is 296 g/mol. The number of hydrogen-bond acceptors (Lipinski definition) is 2. The van der Waals surface area contributed by atoms with E-state index in [1.54, 1.807) is 26.0 Å². The fourth-order valence-corrected chi connectivity index (χ4v) is 1.79. The summed E-state index contributed by atoms with van der Waals surface area (Å²) >= 11 is 5.98. The third kappa shape index (κ3) is 4.70. The van der Waals surface area contributed by atoms with E-state index in [4.69, 9.17) is 16.7 Å². The molecule has 108 valence electrons. The maximum absolute atomic E-state index is 11.7. The summed E-state index contributed by atoms with van der Waals surface area (Å²) in [5, 5.41) is 12.1. The SMILES string of the molecule is Cc1ccc(C=CC(=O)N[C@@H](C(=O)O)C(C)C)cc1Cl. The molecule has 0 radical (unpaired) electrons. The Kier molecular flexibility index (Phi) is 5.77. The van der Waals surface area contributed by atoms with Crippen molar-refractivity contribution in [3.05, 3.63) is 40.4 Å². The highest BCUT2D eigenvalue weighted by atomic mass is 35.5. The molecule has 20 heavy (non-hydrogen) atoms. The van der Waals surface area contributed by atoms with Gasteiger partial charge in [0.1, 0.15) is 6.04 Å². The molecule has 2 N–H and O–H groups in total. The van der Waals surface area contributed by atoms with Crippen LogP contribution in [0.2, 0.25) is 5.02 Å². The number of aliphatic carboxylic acids is 1. The van der Waals surface area contributed by atoms with Crippen LogP contribution in [0.1, 0.15) is 25.0 Å². The minimum absolute atomic E-state index is 0.182. The second kappa shape index (κ2) is 7.10. The van der Waals surface area contributed by atoms with Crippen LogP contribution in [0.15, 0.2) is 24.3 Å². The monoisotopic (exact) mass is 295 g/mol. The second-order valence-corrected chi connectivity index (χ2v) is 5.32. The van der Waals surface area contributed by atoms with Crippen LogP contribution < -0.4 is 5.32 Å². The maximum Gasteiger partial charge on any atom is 0.326 e. The first-order chi connectivity index (χ1) is 9.31. The molecule has 4 nitrogen and oxygen atoms in total. The number of carboxylic acid groups (broad SMARTS) is 1. The fourth-order valence-electron chi connectivity index (χ4n) is 1.60. The lowest BCUT2D eigenvalue weighted by Crippen LogP contribution is -2.43. The van der Waals surface area contributed by atoms with Gasteiger partial charge < -0.3 is 10.4 Å². The average Bonchev–Trinajstić information content (AvgIpc) is 2.36. The van der Waals surface area contributed by atoms with Gasteiger partial charge in [-0.2, -0.15) is 0 Å². The van der Waals surface area contributed by atoms with Gasteiger partial charge in [0.05, 0.1) is 0 Å². The van der Waals surface area contributed by atoms with Crippen molar-refractivity contribution >= 4 is 29.6 Å². The molecule has 1 atom stereocenters. The van der Waals surface area contributed by atoms with E-state index in [1.807, 2.05) is 19.1 Å². The minimum atomic E-state index is -1.04. The van der Waals surface area contributed by atoms with Crippen LogP contribution in [0.4, 0.5) is 0 Å². The predicted octanol–water partition coefficient (Wildman–Crippen LogP) is 2.89. The van der Waals surface area contributed by atoms with Crippen LogP contribution in [0.25, 0.3) is 6.08 Å². The van der Waals surface area contributed by atoms with Crippen LogP contribution in [0, 0.1) is 12.8 Å². The Balaban J connectivity index is 2.72. The highest BCUT2D eigenvalue weighted by Gasteiger charge is 2.22. The van der Waals surface area contributed by atoms with E-state index in [0.29, 0.717) is 5.02 Å². The van der Waals surface area contributed by atoms with E-state index in [1.165, 1.54) is 6.08 Å². The molecule has 5 heteroatoms. The molecule has 0 saturated carbocycles. The number of carbonyl (C=O) groups excluding carboxylic acids is 1. The lowest BCUT2D eigenvalue weighted by atomic mass is 10.0. The molecule has 0 spiro atoms. The Morgan fingerprint density at radius 2 is 2.00 bits per heavy atom. The molecule has 0 heterocycles. The summed E-state index contributed by atoms with van der Waals surface area (Å²) in [6.45, 7) is 5.37. The van der Waals surface area contributed by atoms with E-state index in [9.17, 15) is 9.59 Å². The summed E-state index contributed by atoms with van der Waals surface area (Å²) in [5.74, 6) is -1.67. The van der Waals surface area contributed by atoms with Gasteiger partial charge in [0.25, 0.3) is 0 Å². The van der Waals surface area contributed by atoms with Crippen LogP contribution >= 0.6 is 11.6 Å². The van der Waals surface area contributed by atoms with Gasteiger partial charge in [0, 0.05) is 11.1 Å². The summed E-state index contributed by atoms with van der Waals surface area (Å²) < 4.78 is 0. The zero-order valence-electron chi connectivity index (χ0n) is 11.7. The van der Waals surface area contributed by atoms with Crippen molar-refractivity contribution < 1.29 is 14.7 Å². The molecule has 0 bridgehead atoms. The Hall–Kier alpha value is -1.81. The molecule has 1 aromatic carbocycles. The molecule has 0 fully saturated rings. The summed E-state index contributed by atoms with van der Waals surface area (Å²) in [4.78, 5) is 22.7. The van der Waals surface area contributed by atoms with Gasteiger partial charge in [-0.05, 0) is 36.1 Å². The Labute approximate surface area is 123 Å². The number of halogens is 1. The molecule has 1 rings (SSSR count). The third-order valence-corrected chi connectivity index (χ3v) is 3.26. The van der Waals surface area contributed by atoms with Crippen molar-refractivity contribution in [1.29, 1.82) is 0 Å². The zero-order valence-corrected chi connectivity index (χ0v) is 12.4. The molecular weight excluding hydrogens is 278 g/mol. The predicted molar refractivity (Wildman–Crippen MR) is 79.6 cm³/mol. The summed E-state index contributed by atoms with van der Waals surface area (Å²) in [6.07, 6.45) is 2.90. The van der Waals surface area contributed by atoms with Crippen molar-refractivity contribution in [2.24, 2.45) is 5.92 Å². The Morgan fingerprint density at radius 1 is 1.35 bits per heavy atom. The van der Waals surface area contributed by atoms with Crippen LogP contribution in [-0.4, -0.2) is 23.0 Å². The Bertz CT molecular complexity index is 538. The van der Waals surface area contributed by atoms with Gasteiger partial charge in [-0.3, -0.25) is 4.79 Å². The van der Waals surface area contributed by atoms with Crippen LogP contribution in [0.3, 0.4) is 0 Å². The number of nitrogens with one attached hydrogen (secondary N) is 1. The minimum Gasteiger partial charge on any atom is -0.480 e. The van der Waals surface area contributed by atoms with Crippen LogP contribution in [0.5, 0.6) is 0 Å². The number of carboxylic acids is 1. The number of amides is 1. The van der Waals surface area contributed by atoms with Gasteiger partial charge in [0.2, 0.25) is 5.91 Å². The lowest BCUT2D eigenvalue weighted by Gasteiger charge is -2.16. The Morgan fingerprint density at radius 3 is 2.50 bits per heavy atom. The van der Waals surface area contributed by atoms with Gasteiger partial charge in [0.15, 0.2) is 0 Å². The molecule has 0 saturated heterocycles. The summed E-state index contributed by atoms with van der Waals surface area (Å²) in [7, 11) is 0. The first-order valence-electron chi connectivity index (χ1n) is 6.28. The number of aryl methyl sites for hydroxylation is 1. The first-order valence-corrected chi connectivity index (χ1v) is 6.66. The topological polar surface area (TPSA) is 66.4 Å². The van der Waals surface area contributed by atoms with Crippen molar-refractivity contribution in [1.82, 2.24) is 5.32 Å². The van der Waals surface area contributed by atoms with E-state index in [-0.39, 0.29) is 5.92 Å². The van der Waals surface area contributed by atoms with E-state index in [2.05, 4.69) is 5.32 Å². The molecule has 0 aliphatic heterocycles. The van der Waals surface area contributed by atoms with E-state index in [0.717, 1.165) is 11.1 Å². The molecular formula is C15H18ClNO3. The number of hydrogen-bond donors (Lipinski definition) is 2. The van der Waals surface area contributed by atoms with Crippen LogP contribution in [-0.2, 0) is 9.59 Å². The molecule has 0 aromatic heterocycles. The summed E-state index contributed by atoms with van der Waals surface area (Å²) in [6, 6.07) is 4.54. The normalized spacial score (nSPS) is 12.7. The largest absolute Gasteiger partial charge is 0.480 e. The van der Waals surface area contributed by atoms with Gasteiger partial charge >= 0.3 is 5.97 Å². The summed E-state index contributed by atoms with van der Waals surface area (Å²) in [5.41, 5.74) is 1.74.